The zero-order chi connectivity index (χ0) is 22.4. The van der Waals surface area contributed by atoms with Crippen molar-refractivity contribution in [3.05, 3.63) is 119 Å². The van der Waals surface area contributed by atoms with Gasteiger partial charge in [-0.2, -0.15) is 0 Å². The van der Waals surface area contributed by atoms with E-state index >= 15 is 0 Å². The quantitative estimate of drug-likeness (QED) is 0.174. The summed E-state index contributed by atoms with van der Waals surface area (Å²) in [4.78, 5) is 0. The zero-order valence-corrected chi connectivity index (χ0v) is 20.5. The van der Waals surface area contributed by atoms with E-state index in [1.165, 1.54) is 44.0 Å². The standard InChI is InChI=1S/C31H23IO/c1-20-7-9-22(10-8-20)23-11-13-24(14-12-23)26-18-28-27-17-25(21-5-3-2-4-6-21)15-16-30(27)33-31(28)19-29(26)32/h2-19,26,29H,1H3/t26?,29-/m0/s1. The van der Waals surface area contributed by atoms with Crippen LogP contribution in [-0.4, -0.2) is 3.92 Å². The van der Waals surface area contributed by atoms with Crippen molar-refractivity contribution in [2.24, 2.45) is 0 Å². The monoisotopic (exact) mass is 538 g/mol. The fourth-order valence-electron chi connectivity index (χ4n) is 4.69. The predicted octanol–water partition coefficient (Wildman–Crippen LogP) is 7.24. The highest BCUT2D eigenvalue weighted by Crippen LogP contribution is 2.32. The number of aryl methyl sites for hydroxylation is 1. The van der Waals surface area contributed by atoms with Crippen LogP contribution in [0.15, 0.2) is 101 Å². The lowest BCUT2D eigenvalue weighted by molar-refractivity contribution is 0.571. The maximum absolute atomic E-state index is 6.23. The van der Waals surface area contributed by atoms with Crippen LogP contribution >= 0.6 is 22.6 Å². The fourth-order valence-corrected chi connectivity index (χ4v) is 5.63. The summed E-state index contributed by atoms with van der Waals surface area (Å²) in [6.45, 7) is 2.12. The summed E-state index contributed by atoms with van der Waals surface area (Å²) in [7, 11) is 0. The molecule has 0 aliphatic heterocycles. The summed E-state index contributed by atoms with van der Waals surface area (Å²) >= 11 is 2.54. The van der Waals surface area contributed by atoms with Crippen LogP contribution in [0.25, 0.3) is 45.4 Å². The van der Waals surface area contributed by atoms with Gasteiger partial charge in [0.15, 0.2) is 0 Å². The average Bonchev–Trinajstić information content (AvgIpc) is 3.21. The first-order chi connectivity index (χ1) is 16.2. The topological polar surface area (TPSA) is 13.1 Å². The third-order valence-corrected chi connectivity index (χ3v) is 7.68. The SMILES string of the molecule is Cc1ccc(-c2ccc(C3C=c4c(oc5ccc(-c6ccccc6)cc45)=C[C@@H]3I)cc2)cc1. The molecule has 0 fully saturated rings. The summed E-state index contributed by atoms with van der Waals surface area (Å²) in [5.74, 6) is 0.311. The summed E-state index contributed by atoms with van der Waals surface area (Å²) in [5, 5.41) is 2.40. The highest BCUT2D eigenvalue weighted by molar-refractivity contribution is 14.1. The summed E-state index contributed by atoms with van der Waals surface area (Å²) in [5.41, 5.74) is 9.52. The van der Waals surface area contributed by atoms with Crippen molar-refractivity contribution in [2.75, 3.05) is 0 Å². The van der Waals surface area contributed by atoms with E-state index in [0.29, 0.717) is 9.84 Å². The molecule has 33 heavy (non-hydrogen) atoms. The smallest absolute Gasteiger partial charge is 0.135 e. The molecule has 1 aliphatic rings. The molecular weight excluding hydrogens is 515 g/mol. The van der Waals surface area contributed by atoms with Gasteiger partial charge in [0.2, 0.25) is 0 Å². The van der Waals surface area contributed by atoms with Crippen LogP contribution in [-0.2, 0) is 0 Å². The summed E-state index contributed by atoms with van der Waals surface area (Å²) in [6, 6.07) is 34.8. The molecule has 2 atom stereocenters. The molecule has 1 unspecified atom stereocenters. The predicted molar refractivity (Wildman–Crippen MR) is 147 cm³/mol. The highest BCUT2D eigenvalue weighted by atomic mass is 127. The van der Waals surface area contributed by atoms with Crippen molar-refractivity contribution in [1.29, 1.82) is 0 Å². The number of rotatable bonds is 3. The maximum atomic E-state index is 6.23. The minimum atomic E-state index is 0.311. The van der Waals surface area contributed by atoms with E-state index in [2.05, 4.69) is 139 Å². The van der Waals surface area contributed by atoms with Gasteiger partial charge in [-0.1, -0.05) is 119 Å². The van der Waals surface area contributed by atoms with E-state index in [4.69, 9.17) is 4.42 Å². The lowest BCUT2D eigenvalue weighted by Gasteiger charge is -2.19. The Morgan fingerprint density at radius 3 is 2.03 bits per heavy atom. The largest absolute Gasteiger partial charge is 0.456 e. The highest BCUT2D eigenvalue weighted by Gasteiger charge is 2.22. The van der Waals surface area contributed by atoms with E-state index in [1.54, 1.807) is 0 Å². The van der Waals surface area contributed by atoms with Crippen molar-refractivity contribution in [1.82, 2.24) is 0 Å². The van der Waals surface area contributed by atoms with E-state index < -0.39 is 0 Å². The number of benzene rings is 4. The van der Waals surface area contributed by atoms with Crippen LogP contribution in [0.2, 0.25) is 0 Å². The van der Waals surface area contributed by atoms with Crippen molar-refractivity contribution >= 4 is 45.7 Å². The normalized spacial score (nSPS) is 17.3. The average molecular weight is 538 g/mol. The molecule has 6 rings (SSSR count). The van der Waals surface area contributed by atoms with Crippen LogP contribution in [0.3, 0.4) is 0 Å². The van der Waals surface area contributed by atoms with Gasteiger partial charge in [0.25, 0.3) is 0 Å². The van der Waals surface area contributed by atoms with Gasteiger partial charge in [-0.3, -0.25) is 0 Å². The molecular formula is C31H23IO. The van der Waals surface area contributed by atoms with Crippen molar-refractivity contribution in [3.8, 4) is 22.3 Å². The minimum Gasteiger partial charge on any atom is -0.456 e. The number of fused-ring (bicyclic) bond motifs is 3. The molecule has 5 aromatic rings. The molecule has 0 spiro atoms. The molecule has 0 amide bonds. The summed E-state index contributed by atoms with van der Waals surface area (Å²) in [6.07, 6.45) is 4.67. The van der Waals surface area contributed by atoms with Gasteiger partial charge in [-0.15, -0.1) is 0 Å². The molecule has 2 heteroatoms. The Morgan fingerprint density at radius 2 is 1.30 bits per heavy atom. The van der Waals surface area contributed by atoms with Gasteiger partial charge in [0.05, 0.1) is 0 Å². The molecule has 0 bridgehead atoms. The van der Waals surface area contributed by atoms with Crippen molar-refractivity contribution in [3.63, 3.8) is 0 Å². The van der Waals surface area contributed by atoms with Gasteiger partial charge >= 0.3 is 0 Å². The second kappa shape index (κ2) is 8.35. The first-order valence-corrected chi connectivity index (χ1v) is 12.5. The van der Waals surface area contributed by atoms with Crippen LogP contribution in [0.5, 0.6) is 0 Å². The molecule has 160 valence electrons. The molecule has 0 N–H and O–H groups in total. The second-order valence-corrected chi connectivity index (χ2v) is 10.2. The molecule has 1 nitrogen and oxygen atoms in total. The molecule has 1 aromatic heterocycles. The Morgan fingerprint density at radius 1 is 0.667 bits per heavy atom. The van der Waals surface area contributed by atoms with Gasteiger partial charge in [-0.25, -0.2) is 0 Å². The molecule has 0 saturated heterocycles. The van der Waals surface area contributed by atoms with E-state index in [0.717, 1.165) is 11.0 Å². The third kappa shape index (κ3) is 3.83. The van der Waals surface area contributed by atoms with Gasteiger partial charge in [0, 0.05) is 20.4 Å². The van der Waals surface area contributed by atoms with Gasteiger partial charge in [-0.05, 0) is 52.9 Å². The Balaban J connectivity index is 1.41. The van der Waals surface area contributed by atoms with Crippen LogP contribution < -0.4 is 10.6 Å². The zero-order valence-electron chi connectivity index (χ0n) is 18.3. The molecule has 4 aromatic carbocycles. The molecule has 0 saturated carbocycles. The van der Waals surface area contributed by atoms with Gasteiger partial charge < -0.3 is 4.42 Å². The Hall–Kier alpha value is -3.11. The lowest BCUT2D eigenvalue weighted by Crippen LogP contribution is -2.29. The van der Waals surface area contributed by atoms with Crippen LogP contribution in [0, 0.1) is 6.92 Å². The first-order valence-electron chi connectivity index (χ1n) is 11.3. The number of alkyl halides is 1. The molecule has 1 heterocycles. The first kappa shape index (κ1) is 20.5. The maximum Gasteiger partial charge on any atom is 0.135 e. The second-order valence-electron chi connectivity index (χ2n) is 8.75. The Bertz CT molecular complexity index is 1560. The van der Waals surface area contributed by atoms with Crippen LogP contribution in [0.1, 0.15) is 17.0 Å². The van der Waals surface area contributed by atoms with E-state index in [9.17, 15) is 0 Å². The van der Waals surface area contributed by atoms with E-state index in [-0.39, 0.29) is 0 Å². The van der Waals surface area contributed by atoms with Crippen molar-refractivity contribution in [2.45, 2.75) is 16.8 Å². The minimum absolute atomic E-state index is 0.311. The Kier molecular flexibility index (Phi) is 5.18. The Labute approximate surface area is 207 Å². The number of hydrogen-bond acceptors (Lipinski definition) is 1. The fraction of sp³-hybridized carbons (Fsp3) is 0.0968. The number of halogens is 1. The van der Waals surface area contributed by atoms with E-state index in [1.807, 2.05) is 0 Å². The summed E-state index contributed by atoms with van der Waals surface area (Å²) < 4.78 is 6.57. The van der Waals surface area contributed by atoms with Crippen molar-refractivity contribution < 1.29 is 4.42 Å². The third-order valence-electron chi connectivity index (χ3n) is 6.54. The molecule has 1 aliphatic carbocycles. The number of hydrogen-bond donors (Lipinski definition) is 0. The van der Waals surface area contributed by atoms with Crippen LogP contribution in [0.4, 0.5) is 0 Å². The lowest BCUT2D eigenvalue weighted by atomic mass is 9.90. The molecule has 0 radical (unpaired) electrons. The van der Waals surface area contributed by atoms with Gasteiger partial charge in [0.1, 0.15) is 11.0 Å². The number of furan rings is 1.